The van der Waals surface area contributed by atoms with Crippen LogP contribution in [0, 0.1) is 5.82 Å². The SMILES string of the molecule is CC(C)(O)c1cccc(C(=O)Nc2cccc(F)c2)c1. The number of halogens is 1. The van der Waals surface area contributed by atoms with E-state index in [9.17, 15) is 14.3 Å². The van der Waals surface area contributed by atoms with Crippen LogP contribution in [0.2, 0.25) is 0 Å². The molecule has 0 heterocycles. The van der Waals surface area contributed by atoms with Gasteiger partial charge in [0, 0.05) is 11.3 Å². The van der Waals surface area contributed by atoms with Crippen molar-refractivity contribution >= 4 is 11.6 Å². The molecule has 0 radical (unpaired) electrons. The van der Waals surface area contributed by atoms with Crippen LogP contribution in [0.3, 0.4) is 0 Å². The molecule has 0 fully saturated rings. The molecule has 0 aliphatic carbocycles. The van der Waals surface area contributed by atoms with Gasteiger partial charge >= 0.3 is 0 Å². The van der Waals surface area contributed by atoms with Crippen molar-refractivity contribution in [2.45, 2.75) is 19.4 Å². The molecular weight excluding hydrogens is 257 g/mol. The molecule has 1 amide bonds. The van der Waals surface area contributed by atoms with Gasteiger partial charge in [0.05, 0.1) is 5.60 Å². The first-order valence-corrected chi connectivity index (χ1v) is 6.26. The van der Waals surface area contributed by atoms with E-state index < -0.39 is 11.4 Å². The summed E-state index contributed by atoms with van der Waals surface area (Å²) in [4.78, 5) is 12.1. The zero-order valence-corrected chi connectivity index (χ0v) is 11.4. The molecule has 2 aromatic carbocycles. The molecule has 4 heteroatoms. The van der Waals surface area contributed by atoms with Gasteiger partial charge in [0.2, 0.25) is 0 Å². The van der Waals surface area contributed by atoms with Gasteiger partial charge in [-0.15, -0.1) is 0 Å². The number of aliphatic hydroxyl groups is 1. The molecule has 104 valence electrons. The molecule has 2 aromatic rings. The second-order valence-electron chi connectivity index (χ2n) is 5.10. The number of hydrogen-bond acceptors (Lipinski definition) is 2. The van der Waals surface area contributed by atoms with Crippen LogP contribution < -0.4 is 5.32 Å². The van der Waals surface area contributed by atoms with E-state index in [0.29, 0.717) is 16.8 Å². The highest BCUT2D eigenvalue weighted by Crippen LogP contribution is 2.21. The maximum Gasteiger partial charge on any atom is 0.255 e. The molecule has 2 N–H and O–H groups in total. The van der Waals surface area contributed by atoms with Gasteiger partial charge in [-0.25, -0.2) is 4.39 Å². The summed E-state index contributed by atoms with van der Waals surface area (Å²) in [6.45, 7) is 3.30. The predicted molar refractivity (Wildman–Crippen MR) is 76.0 cm³/mol. The van der Waals surface area contributed by atoms with E-state index in [2.05, 4.69) is 5.32 Å². The lowest BCUT2D eigenvalue weighted by Crippen LogP contribution is -2.18. The lowest BCUT2D eigenvalue weighted by Gasteiger charge is -2.18. The van der Waals surface area contributed by atoms with Crippen LogP contribution in [0.25, 0.3) is 0 Å². The molecule has 0 aliphatic rings. The number of hydrogen-bond donors (Lipinski definition) is 2. The Labute approximate surface area is 117 Å². The van der Waals surface area contributed by atoms with Gasteiger partial charge in [0.25, 0.3) is 5.91 Å². The number of rotatable bonds is 3. The minimum Gasteiger partial charge on any atom is -0.386 e. The van der Waals surface area contributed by atoms with Crippen molar-refractivity contribution in [1.82, 2.24) is 0 Å². The molecule has 2 rings (SSSR count). The highest BCUT2D eigenvalue weighted by molar-refractivity contribution is 6.04. The summed E-state index contributed by atoms with van der Waals surface area (Å²) >= 11 is 0. The van der Waals surface area contributed by atoms with Crippen LogP contribution >= 0.6 is 0 Å². The van der Waals surface area contributed by atoms with Gasteiger partial charge in [0.1, 0.15) is 5.82 Å². The van der Waals surface area contributed by atoms with Gasteiger partial charge in [-0.2, -0.15) is 0 Å². The fourth-order valence-corrected chi connectivity index (χ4v) is 1.81. The Balaban J connectivity index is 2.22. The first-order chi connectivity index (χ1) is 9.36. The Kier molecular flexibility index (Phi) is 3.86. The average molecular weight is 273 g/mol. The van der Waals surface area contributed by atoms with Crippen molar-refractivity contribution in [3.8, 4) is 0 Å². The third-order valence-corrected chi connectivity index (χ3v) is 2.91. The lowest BCUT2D eigenvalue weighted by molar-refractivity contribution is 0.0785. The van der Waals surface area contributed by atoms with Crippen molar-refractivity contribution in [2.24, 2.45) is 0 Å². The van der Waals surface area contributed by atoms with E-state index >= 15 is 0 Å². The zero-order chi connectivity index (χ0) is 14.8. The van der Waals surface area contributed by atoms with Crippen LogP contribution in [0.5, 0.6) is 0 Å². The van der Waals surface area contributed by atoms with E-state index in [4.69, 9.17) is 0 Å². The van der Waals surface area contributed by atoms with Crippen LogP contribution in [0.4, 0.5) is 10.1 Å². The Morgan fingerprint density at radius 2 is 1.85 bits per heavy atom. The molecule has 20 heavy (non-hydrogen) atoms. The second kappa shape index (κ2) is 5.43. The number of carbonyl (C=O) groups is 1. The smallest absolute Gasteiger partial charge is 0.255 e. The normalized spacial score (nSPS) is 11.2. The molecule has 0 bridgehead atoms. The molecule has 0 spiro atoms. The average Bonchev–Trinajstić information content (AvgIpc) is 2.38. The molecule has 0 atom stereocenters. The Morgan fingerprint density at radius 3 is 2.50 bits per heavy atom. The van der Waals surface area contributed by atoms with Gasteiger partial charge in [-0.1, -0.05) is 18.2 Å². The third kappa shape index (κ3) is 3.42. The summed E-state index contributed by atoms with van der Waals surface area (Å²) < 4.78 is 13.1. The Morgan fingerprint density at radius 1 is 1.15 bits per heavy atom. The molecule has 0 saturated carbocycles. The van der Waals surface area contributed by atoms with E-state index in [1.807, 2.05) is 0 Å². The number of carbonyl (C=O) groups excluding carboxylic acids is 1. The highest BCUT2D eigenvalue weighted by Gasteiger charge is 2.17. The van der Waals surface area contributed by atoms with Gasteiger partial charge in [0.15, 0.2) is 0 Å². The molecule has 3 nitrogen and oxygen atoms in total. The van der Waals surface area contributed by atoms with Crippen LogP contribution in [-0.4, -0.2) is 11.0 Å². The van der Waals surface area contributed by atoms with Crippen molar-refractivity contribution in [1.29, 1.82) is 0 Å². The molecule has 0 unspecified atom stereocenters. The summed E-state index contributed by atoms with van der Waals surface area (Å²) in [5, 5.41) is 12.6. The summed E-state index contributed by atoms with van der Waals surface area (Å²) in [5.74, 6) is -0.755. The number of amides is 1. The monoisotopic (exact) mass is 273 g/mol. The van der Waals surface area contributed by atoms with E-state index in [1.165, 1.54) is 18.2 Å². The number of anilines is 1. The summed E-state index contributed by atoms with van der Waals surface area (Å²) in [6.07, 6.45) is 0. The summed E-state index contributed by atoms with van der Waals surface area (Å²) in [6, 6.07) is 12.4. The van der Waals surface area contributed by atoms with Crippen LogP contribution in [-0.2, 0) is 5.60 Å². The molecule has 0 saturated heterocycles. The fraction of sp³-hybridized carbons (Fsp3) is 0.188. The van der Waals surface area contributed by atoms with E-state index in [-0.39, 0.29) is 5.91 Å². The Hall–Kier alpha value is -2.20. The predicted octanol–water partition coefficient (Wildman–Crippen LogP) is 3.31. The van der Waals surface area contributed by atoms with Crippen LogP contribution in [0.1, 0.15) is 29.8 Å². The second-order valence-corrected chi connectivity index (χ2v) is 5.10. The maximum atomic E-state index is 13.1. The minimum atomic E-state index is -1.02. The molecule has 0 aliphatic heterocycles. The third-order valence-electron chi connectivity index (χ3n) is 2.91. The van der Waals surface area contributed by atoms with Gasteiger partial charge in [-0.05, 0) is 49.7 Å². The number of benzene rings is 2. The Bertz CT molecular complexity index is 632. The lowest BCUT2D eigenvalue weighted by atomic mass is 9.96. The van der Waals surface area contributed by atoms with Crippen molar-refractivity contribution in [3.63, 3.8) is 0 Å². The topological polar surface area (TPSA) is 49.3 Å². The van der Waals surface area contributed by atoms with Crippen molar-refractivity contribution in [2.75, 3.05) is 5.32 Å². The number of nitrogens with one attached hydrogen (secondary N) is 1. The van der Waals surface area contributed by atoms with E-state index in [1.54, 1.807) is 44.2 Å². The quantitative estimate of drug-likeness (QED) is 0.901. The zero-order valence-electron chi connectivity index (χ0n) is 11.4. The minimum absolute atomic E-state index is 0.346. The first kappa shape index (κ1) is 14.2. The summed E-state index contributed by atoms with van der Waals surface area (Å²) in [5.41, 5.74) is 0.428. The highest BCUT2D eigenvalue weighted by atomic mass is 19.1. The summed E-state index contributed by atoms with van der Waals surface area (Å²) in [7, 11) is 0. The first-order valence-electron chi connectivity index (χ1n) is 6.26. The van der Waals surface area contributed by atoms with Crippen molar-refractivity contribution in [3.05, 3.63) is 65.5 Å². The molecule has 0 aromatic heterocycles. The largest absolute Gasteiger partial charge is 0.386 e. The van der Waals surface area contributed by atoms with Gasteiger partial charge < -0.3 is 10.4 Å². The van der Waals surface area contributed by atoms with E-state index in [0.717, 1.165) is 0 Å². The standard InChI is InChI=1S/C16H16FNO2/c1-16(2,20)12-6-3-5-11(9-12)15(19)18-14-8-4-7-13(17)10-14/h3-10,20H,1-2H3,(H,18,19). The molecular formula is C16H16FNO2. The maximum absolute atomic E-state index is 13.1. The van der Waals surface area contributed by atoms with Gasteiger partial charge in [-0.3, -0.25) is 4.79 Å². The fourth-order valence-electron chi connectivity index (χ4n) is 1.81. The van der Waals surface area contributed by atoms with Crippen LogP contribution in [0.15, 0.2) is 48.5 Å². The van der Waals surface area contributed by atoms with Crippen molar-refractivity contribution < 1.29 is 14.3 Å².